The highest BCUT2D eigenvalue weighted by atomic mass is 16.5. The summed E-state index contributed by atoms with van der Waals surface area (Å²) in [4.78, 5) is 10.3. The highest BCUT2D eigenvalue weighted by molar-refractivity contribution is 5.85. The molecule has 0 aliphatic heterocycles. The Bertz CT molecular complexity index is 423. The van der Waals surface area contributed by atoms with Crippen LogP contribution in [0.25, 0.3) is 6.08 Å². The van der Waals surface area contributed by atoms with Gasteiger partial charge in [0, 0.05) is 6.08 Å². The molecule has 0 saturated heterocycles. The maximum Gasteiger partial charge on any atom is 0.328 e. The van der Waals surface area contributed by atoms with Crippen LogP contribution in [0.15, 0.2) is 42.0 Å². The van der Waals surface area contributed by atoms with E-state index in [0.717, 1.165) is 17.4 Å². The number of ether oxygens (including phenoxy) is 1. The van der Waals surface area contributed by atoms with Crippen LogP contribution in [0.4, 0.5) is 0 Å². The van der Waals surface area contributed by atoms with E-state index in [4.69, 9.17) is 9.84 Å². The number of carbonyl (C=O) groups is 1. The van der Waals surface area contributed by atoms with E-state index in [1.54, 1.807) is 6.08 Å². The van der Waals surface area contributed by atoms with Crippen LogP contribution < -0.4 is 4.74 Å². The predicted molar refractivity (Wildman–Crippen MR) is 68.0 cm³/mol. The van der Waals surface area contributed by atoms with Gasteiger partial charge < -0.3 is 9.84 Å². The van der Waals surface area contributed by atoms with Crippen LogP contribution in [0, 0.1) is 0 Å². The fourth-order valence-corrected chi connectivity index (χ4v) is 1.15. The van der Waals surface area contributed by atoms with Gasteiger partial charge in [-0.15, -0.1) is 0 Å². The highest BCUT2D eigenvalue weighted by Crippen LogP contribution is 2.13. The molecule has 0 aromatic heterocycles. The minimum absolute atomic E-state index is 0.548. The standard InChI is InChI=1S/C14H16O3/c1-11(2)9-10-17-13-6-3-12(4-7-13)5-8-14(15)16/h3-9H,10H2,1-2H3,(H,15,16)/b8-5+. The first-order valence-electron chi connectivity index (χ1n) is 5.35. The largest absolute Gasteiger partial charge is 0.490 e. The topological polar surface area (TPSA) is 46.5 Å². The number of aliphatic carboxylic acids is 1. The van der Waals surface area contributed by atoms with Gasteiger partial charge in [0.25, 0.3) is 0 Å². The molecule has 0 aliphatic carbocycles. The molecular weight excluding hydrogens is 216 g/mol. The third kappa shape index (κ3) is 5.56. The lowest BCUT2D eigenvalue weighted by Gasteiger charge is -2.03. The minimum Gasteiger partial charge on any atom is -0.490 e. The smallest absolute Gasteiger partial charge is 0.328 e. The Labute approximate surface area is 101 Å². The molecule has 1 aromatic rings. The zero-order chi connectivity index (χ0) is 12.7. The molecule has 0 radical (unpaired) electrons. The lowest BCUT2D eigenvalue weighted by Crippen LogP contribution is -1.93. The van der Waals surface area contributed by atoms with Crippen LogP contribution in [-0.2, 0) is 4.79 Å². The van der Waals surface area contributed by atoms with Crippen molar-refractivity contribution in [2.24, 2.45) is 0 Å². The number of benzene rings is 1. The molecule has 0 atom stereocenters. The first-order valence-corrected chi connectivity index (χ1v) is 5.35. The number of rotatable bonds is 5. The molecule has 0 bridgehead atoms. The van der Waals surface area contributed by atoms with Crippen molar-refractivity contribution in [1.82, 2.24) is 0 Å². The lowest BCUT2D eigenvalue weighted by molar-refractivity contribution is -0.131. The van der Waals surface area contributed by atoms with Crippen molar-refractivity contribution >= 4 is 12.0 Å². The van der Waals surface area contributed by atoms with E-state index in [2.05, 4.69) is 0 Å². The fourth-order valence-electron chi connectivity index (χ4n) is 1.15. The predicted octanol–water partition coefficient (Wildman–Crippen LogP) is 3.13. The summed E-state index contributed by atoms with van der Waals surface area (Å²) in [6, 6.07) is 7.27. The molecule has 17 heavy (non-hydrogen) atoms. The monoisotopic (exact) mass is 232 g/mol. The molecule has 1 aromatic carbocycles. The van der Waals surface area contributed by atoms with E-state index in [1.165, 1.54) is 5.57 Å². The van der Waals surface area contributed by atoms with Gasteiger partial charge in [0.15, 0.2) is 0 Å². The van der Waals surface area contributed by atoms with Gasteiger partial charge in [0.05, 0.1) is 0 Å². The SMILES string of the molecule is CC(C)=CCOc1ccc(/C=C/C(=O)O)cc1. The Hall–Kier alpha value is -2.03. The Morgan fingerprint density at radius 3 is 2.47 bits per heavy atom. The quantitative estimate of drug-likeness (QED) is 0.626. The molecular formula is C14H16O3. The van der Waals surface area contributed by atoms with Crippen LogP contribution in [0.5, 0.6) is 5.75 Å². The van der Waals surface area contributed by atoms with Crippen LogP contribution in [0.1, 0.15) is 19.4 Å². The Balaban J connectivity index is 2.56. The van der Waals surface area contributed by atoms with Crippen molar-refractivity contribution < 1.29 is 14.6 Å². The average molecular weight is 232 g/mol. The summed E-state index contributed by atoms with van der Waals surface area (Å²) < 4.78 is 5.48. The van der Waals surface area contributed by atoms with Crippen LogP contribution in [0.3, 0.4) is 0 Å². The molecule has 0 heterocycles. The summed E-state index contributed by atoms with van der Waals surface area (Å²) in [6.07, 6.45) is 4.65. The van der Waals surface area contributed by atoms with Crippen LogP contribution in [-0.4, -0.2) is 17.7 Å². The highest BCUT2D eigenvalue weighted by Gasteiger charge is 1.93. The third-order valence-corrected chi connectivity index (χ3v) is 2.04. The van der Waals surface area contributed by atoms with Gasteiger partial charge in [0.2, 0.25) is 0 Å². The summed E-state index contributed by atoms with van der Waals surface area (Å²) in [5.74, 6) is -0.177. The summed E-state index contributed by atoms with van der Waals surface area (Å²) in [6.45, 7) is 4.58. The van der Waals surface area contributed by atoms with Crippen molar-refractivity contribution in [3.8, 4) is 5.75 Å². The van der Waals surface area contributed by atoms with Crippen molar-refractivity contribution in [3.63, 3.8) is 0 Å². The second kappa shape index (κ2) is 6.53. The molecule has 0 spiro atoms. The zero-order valence-corrected chi connectivity index (χ0v) is 10.0. The van der Waals surface area contributed by atoms with E-state index in [-0.39, 0.29) is 0 Å². The number of allylic oxidation sites excluding steroid dienone is 1. The fraction of sp³-hybridized carbons (Fsp3) is 0.214. The van der Waals surface area contributed by atoms with E-state index >= 15 is 0 Å². The number of hydrogen-bond donors (Lipinski definition) is 1. The molecule has 3 heteroatoms. The lowest BCUT2D eigenvalue weighted by atomic mass is 10.2. The normalized spacial score (nSPS) is 10.2. The Kier molecular flexibility index (Phi) is 5.01. The van der Waals surface area contributed by atoms with Crippen molar-refractivity contribution in [2.45, 2.75) is 13.8 Å². The van der Waals surface area contributed by atoms with E-state index in [0.29, 0.717) is 6.61 Å². The average Bonchev–Trinajstić information content (AvgIpc) is 2.27. The molecule has 0 fully saturated rings. The van der Waals surface area contributed by atoms with E-state index < -0.39 is 5.97 Å². The third-order valence-electron chi connectivity index (χ3n) is 2.04. The summed E-state index contributed by atoms with van der Waals surface area (Å²) >= 11 is 0. The van der Waals surface area contributed by atoms with Crippen LogP contribution >= 0.6 is 0 Å². The zero-order valence-electron chi connectivity index (χ0n) is 10.0. The van der Waals surface area contributed by atoms with E-state index in [9.17, 15) is 4.79 Å². The maximum absolute atomic E-state index is 10.3. The molecule has 90 valence electrons. The van der Waals surface area contributed by atoms with Gasteiger partial charge in [-0.2, -0.15) is 0 Å². The van der Waals surface area contributed by atoms with Crippen molar-refractivity contribution in [3.05, 3.63) is 47.6 Å². The maximum atomic E-state index is 10.3. The van der Waals surface area contributed by atoms with Crippen LogP contribution in [0.2, 0.25) is 0 Å². The van der Waals surface area contributed by atoms with Gasteiger partial charge in [-0.05, 0) is 43.7 Å². The molecule has 0 saturated carbocycles. The molecule has 1 N–H and O–H groups in total. The summed E-state index contributed by atoms with van der Waals surface area (Å²) in [5, 5.41) is 8.48. The number of carboxylic acid groups (broad SMARTS) is 1. The van der Waals surface area contributed by atoms with Crippen molar-refractivity contribution in [1.29, 1.82) is 0 Å². The van der Waals surface area contributed by atoms with Gasteiger partial charge in [-0.3, -0.25) is 0 Å². The van der Waals surface area contributed by atoms with Gasteiger partial charge in [-0.1, -0.05) is 17.7 Å². The van der Waals surface area contributed by atoms with Crippen molar-refractivity contribution in [2.75, 3.05) is 6.61 Å². The Morgan fingerprint density at radius 2 is 1.94 bits per heavy atom. The summed E-state index contributed by atoms with van der Waals surface area (Å²) in [5.41, 5.74) is 2.05. The summed E-state index contributed by atoms with van der Waals surface area (Å²) in [7, 11) is 0. The van der Waals surface area contributed by atoms with Gasteiger partial charge >= 0.3 is 5.97 Å². The van der Waals surface area contributed by atoms with Gasteiger partial charge in [-0.25, -0.2) is 4.79 Å². The number of hydrogen-bond acceptors (Lipinski definition) is 2. The second-order valence-corrected chi connectivity index (χ2v) is 3.83. The molecule has 0 aliphatic rings. The minimum atomic E-state index is -0.950. The molecule has 0 unspecified atom stereocenters. The van der Waals surface area contributed by atoms with Gasteiger partial charge in [0.1, 0.15) is 12.4 Å². The van der Waals surface area contributed by atoms with E-state index in [1.807, 2.05) is 44.2 Å². The first kappa shape index (κ1) is 13.0. The second-order valence-electron chi connectivity index (χ2n) is 3.83. The molecule has 0 amide bonds. The molecule has 1 rings (SSSR count). The first-order chi connectivity index (χ1) is 8.08. The molecule has 3 nitrogen and oxygen atoms in total. The number of carboxylic acids is 1. The Morgan fingerprint density at radius 1 is 1.29 bits per heavy atom.